The monoisotopic (exact) mass is 214 g/mol. The molecule has 0 aliphatic rings. The van der Waals surface area contributed by atoms with Gasteiger partial charge in [-0.15, -0.1) is 36.4 Å². The Balaban J connectivity index is 2.85. The minimum Gasteiger partial charge on any atom is -0.380 e. The highest BCUT2D eigenvalue weighted by Crippen LogP contribution is 2.00. The van der Waals surface area contributed by atoms with Crippen molar-refractivity contribution >= 4 is 23.5 Å². The lowest BCUT2D eigenvalue weighted by atomic mass is 10.8. The van der Waals surface area contributed by atoms with Crippen LogP contribution >= 0.6 is 23.5 Å². The fourth-order valence-corrected chi connectivity index (χ4v) is 1.60. The first-order valence-electron chi connectivity index (χ1n) is 4.02. The Labute approximate surface area is 89.4 Å². The van der Waals surface area contributed by atoms with Crippen LogP contribution in [-0.4, -0.2) is 36.2 Å². The second-order valence-electron chi connectivity index (χ2n) is 2.13. The number of rotatable bonds is 8. The Morgan fingerprint density at radius 1 is 0.923 bits per heavy atom. The van der Waals surface area contributed by atoms with Gasteiger partial charge in [0.05, 0.1) is 24.7 Å². The van der Waals surface area contributed by atoms with Gasteiger partial charge in [-0.25, -0.2) is 0 Å². The summed E-state index contributed by atoms with van der Waals surface area (Å²) >= 11 is 3.44. The van der Waals surface area contributed by atoms with Crippen molar-refractivity contribution in [3.8, 4) is 24.7 Å². The standard InChI is InChI=1S/C10H14OS2/c1-3-7-12-9-5-11-6-10-13-8-4-2/h1-2H,5-10H2. The van der Waals surface area contributed by atoms with E-state index in [1.165, 1.54) is 0 Å². The number of terminal acetylenes is 2. The molecular formula is C10H14OS2. The number of hydrogen-bond acceptors (Lipinski definition) is 3. The van der Waals surface area contributed by atoms with Gasteiger partial charge in [0.15, 0.2) is 0 Å². The first kappa shape index (κ1) is 12.8. The van der Waals surface area contributed by atoms with Gasteiger partial charge in [0.25, 0.3) is 0 Å². The average molecular weight is 214 g/mol. The normalized spacial score (nSPS) is 9.08. The quantitative estimate of drug-likeness (QED) is 0.450. The highest BCUT2D eigenvalue weighted by atomic mass is 32.2. The summed E-state index contributed by atoms with van der Waals surface area (Å²) in [6.07, 6.45) is 10.2. The molecule has 0 heterocycles. The lowest BCUT2D eigenvalue weighted by Gasteiger charge is -2.01. The van der Waals surface area contributed by atoms with Crippen LogP contribution in [0.4, 0.5) is 0 Å². The van der Waals surface area contributed by atoms with Crippen molar-refractivity contribution in [2.75, 3.05) is 36.2 Å². The second-order valence-corrected chi connectivity index (χ2v) is 4.34. The molecule has 0 atom stereocenters. The van der Waals surface area contributed by atoms with Gasteiger partial charge in [0.1, 0.15) is 0 Å². The van der Waals surface area contributed by atoms with Crippen LogP contribution < -0.4 is 0 Å². The lowest BCUT2D eigenvalue weighted by molar-refractivity contribution is 0.167. The van der Waals surface area contributed by atoms with Crippen LogP contribution in [0.3, 0.4) is 0 Å². The molecule has 0 aromatic rings. The lowest BCUT2D eigenvalue weighted by Crippen LogP contribution is -2.01. The highest BCUT2D eigenvalue weighted by Gasteiger charge is 1.89. The van der Waals surface area contributed by atoms with Gasteiger partial charge in [-0.3, -0.25) is 0 Å². The van der Waals surface area contributed by atoms with Crippen molar-refractivity contribution in [3.05, 3.63) is 0 Å². The molecule has 0 bridgehead atoms. The average Bonchev–Trinajstić information content (AvgIpc) is 2.16. The fourth-order valence-electron chi connectivity index (χ4n) is 0.600. The third kappa shape index (κ3) is 11.8. The maximum atomic E-state index is 5.35. The Bertz CT molecular complexity index is 158. The molecule has 0 saturated carbocycles. The van der Waals surface area contributed by atoms with E-state index in [1.807, 2.05) is 0 Å². The zero-order valence-corrected chi connectivity index (χ0v) is 9.26. The van der Waals surface area contributed by atoms with E-state index in [0.29, 0.717) is 0 Å². The first-order valence-corrected chi connectivity index (χ1v) is 6.33. The molecule has 0 aromatic carbocycles. The van der Waals surface area contributed by atoms with Crippen molar-refractivity contribution in [1.29, 1.82) is 0 Å². The van der Waals surface area contributed by atoms with Crippen LogP contribution in [0.15, 0.2) is 0 Å². The maximum Gasteiger partial charge on any atom is 0.0557 e. The molecular weight excluding hydrogens is 200 g/mol. The molecule has 0 N–H and O–H groups in total. The van der Waals surface area contributed by atoms with Crippen molar-refractivity contribution in [3.63, 3.8) is 0 Å². The molecule has 13 heavy (non-hydrogen) atoms. The number of ether oxygens (including phenoxy) is 1. The molecule has 0 rings (SSSR count). The van der Waals surface area contributed by atoms with Gasteiger partial charge >= 0.3 is 0 Å². The second kappa shape index (κ2) is 11.8. The molecule has 0 fully saturated rings. The van der Waals surface area contributed by atoms with Crippen LogP contribution in [-0.2, 0) is 4.74 Å². The summed E-state index contributed by atoms with van der Waals surface area (Å²) in [5.74, 6) is 8.63. The van der Waals surface area contributed by atoms with Gasteiger partial charge in [0.2, 0.25) is 0 Å². The molecule has 3 heteroatoms. The molecule has 0 unspecified atom stereocenters. The molecule has 72 valence electrons. The predicted molar refractivity (Wildman–Crippen MR) is 63.1 cm³/mol. The molecule has 0 saturated heterocycles. The summed E-state index contributed by atoms with van der Waals surface area (Å²) in [7, 11) is 0. The third-order valence-electron chi connectivity index (χ3n) is 1.11. The van der Waals surface area contributed by atoms with Crippen molar-refractivity contribution in [1.82, 2.24) is 0 Å². The van der Waals surface area contributed by atoms with Gasteiger partial charge < -0.3 is 4.74 Å². The van der Waals surface area contributed by atoms with Gasteiger partial charge in [-0.1, -0.05) is 11.8 Å². The van der Waals surface area contributed by atoms with Crippen LogP contribution in [0.1, 0.15) is 0 Å². The van der Waals surface area contributed by atoms with Gasteiger partial charge in [-0.05, 0) is 0 Å². The smallest absolute Gasteiger partial charge is 0.0557 e. The summed E-state index contributed by atoms with van der Waals surface area (Å²) in [5.41, 5.74) is 0. The summed E-state index contributed by atoms with van der Waals surface area (Å²) in [6, 6.07) is 0. The summed E-state index contributed by atoms with van der Waals surface area (Å²) < 4.78 is 5.35. The zero-order valence-electron chi connectivity index (χ0n) is 7.62. The molecule has 1 nitrogen and oxygen atoms in total. The van der Waals surface area contributed by atoms with E-state index in [4.69, 9.17) is 17.6 Å². The van der Waals surface area contributed by atoms with Gasteiger partial charge in [-0.2, -0.15) is 0 Å². The molecule has 0 aliphatic heterocycles. The summed E-state index contributed by atoms with van der Waals surface area (Å²) in [4.78, 5) is 0. The number of hydrogen-bond donors (Lipinski definition) is 0. The van der Waals surface area contributed by atoms with Crippen LogP contribution in [0, 0.1) is 24.7 Å². The van der Waals surface area contributed by atoms with E-state index in [-0.39, 0.29) is 0 Å². The minimum atomic E-state index is 0.773. The maximum absolute atomic E-state index is 5.35. The molecule has 0 aromatic heterocycles. The van der Waals surface area contributed by atoms with E-state index >= 15 is 0 Å². The van der Waals surface area contributed by atoms with Crippen molar-refractivity contribution in [2.45, 2.75) is 0 Å². The molecule has 0 spiro atoms. The SMILES string of the molecule is C#CCSCCOCCSCC#C. The largest absolute Gasteiger partial charge is 0.380 e. The summed E-state index contributed by atoms with van der Waals surface area (Å²) in [5, 5.41) is 0. The van der Waals surface area contributed by atoms with E-state index in [0.717, 1.165) is 36.2 Å². The predicted octanol–water partition coefficient (Wildman–Crippen LogP) is 1.74. The van der Waals surface area contributed by atoms with Crippen LogP contribution in [0.25, 0.3) is 0 Å². The Kier molecular flexibility index (Phi) is 11.6. The first-order chi connectivity index (χ1) is 6.41. The Morgan fingerprint density at radius 2 is 1.38 bits per heavy atom. The summed E-state index contributed by atoms with van der Waals surface area (Å²) in [6.45, 7) is 1.56. The van der Waals surface area contributed by atoms with Crippen molar-refractivity contribution in [2.24, 2.45) is 0 Å². The highest BCUT2D eigenvalue weighted by molar-refractivity contribution is 7.99. The zero-order chi connectivity index (χ0) is 9.78. The molecule has 0 aliphatic carbocycles. The molecule has 0 amide bonds. The van der Waals surface area contributed by atoms with Gasteiger partial charge in [0, 0.05) is 11.5 Å². The Hall–Kier alpha value is -0.220. The Morgan fingerprint density at radius 3 is 1.77 bits per heavy atom. The number of thioether (sulfide) groups is 2. The van der Waals surface area contributed by atoms with E-state index in [1.54, 1.807) is 23.5 Å². The van der Waals surface area contributed by atoms with E-state index < -0.39 is 0 Å². The minimum absolute atomic E-state index is 0.773. The molecule has 0 radical (unpaired) electrons. The van der Waals surface area contributed by atoms with Crippen LogP contribution in [0.2, 0.25) is 0 Å². The van der Waals surface area contributed by atoms with Crippen LogP contribution in [0.5, 0.6) is 0 Å². The van der Waals surface area contributed by atoms with E-state index in [2.05, 4.69) is 11.8 Å². The van der Waals surface area contributed by atoms with E-state index in [9.17, 15) is 0 Å². The van der Waals surface area contributed by atoms with Crippen molar-refractivity contribution < 1.29 is 4.74 Å². The fraction of sp³-hybridized carbons (Fsp3) is 0.600. The topological polar surface area (TPSA) is 9.23 Å². The third-order valence-corrected chi connectivity index (χ3v) is 2.77.